The summed E-state index contributed by atoms with van der Waals surface area (Å²) in [6.45, 7) is 2.10. The summed E-state index contributed by atoms with van der Waals surface area (Å²) in [4.78, 5) is 24.1. The molecule has 27 heavy (non-hydrogen) atoms. The summed E-state index contributed by atoms with van der Waals surface area (Å²) in [5.74, 6) is 0.448. The standard InChI is InChI=1S/C20H23NO6/c1-14(20(23)26-13-12-24-2)27-18-8-4-15(5-9-18)19(22)21-16-6-10-17(25-3)11-7-16/h4-11,14H,12-13H2,1-3H3,(H,21,22)/t14-/m0/s1. The minimum Gasteiger partial charge on any atom is -0.497 e. The summed E-state index contributed by atoms with van der Waals surface area (Å²) in [6, 6.07) is 13.5. The summed E-state index contributed by atoms with van der Waals surface area (Å²) in [6.07, 6.45) is -0.763. The van der Waals surface area contributed by atoms with Crippen LogP contribution in [0.3, 0.4) is 0 Å². The molecule has 2 aromatic rings. The minimum absolute atomic E-state index is 0.174. The van der Waals surface area contributed by atoms with Gasteiger partial charge < -0.3 is 24.3 Å². The number of benzene rings is 2. The van der Waals surface area contributed by atoms with E-state index >= 15 is 0 Å². The molecule has 0 radical (unpaired) electrons. The van der Waals surface area contributed by atoms with Crippen LogP contribution < -0.4 is 14.8 Å². The smallest absolute Gasteiger partial charge is 0.347 e. The Balaban J connectivity index is 1.89. The Labute approximate surface area is 158 Å². The SMILES string of the molecule is COCCOC(=O)[C@H](C)Oc1ccc(C(=O)Nc2ccc(OC)cc2)cc1. The monoisotopic (exact) mass is 373 g/mol. The molecule has 1 N–H and O–H groups in total. The van der Waals surface area contributed by atoms with Gasteiger partial charge in [0, 0.05) is 18.4 Å². The van der Waals surface area contributed by atoms with Gasteiger partial charge in [-0.15, -0.1) is 0 Å². The van der Waals surface area contributed by atoms with Gasteiger partial charge in [0.15, 0.2) is 6.10 Å². The van der Waals surface area contributed by atoms with Crippen molar-refractivity contribution >= 4 is 17.6 Å². The molecule has 144 valence electrons. The van der Waals surface area contributed by atoms with Gasteiger partial charge in [-0.25, -0.2) is 4.79 Å². The fraction of sp³-hybridized carbons (Fsp3) is 0.300. The van der Waals surface area contributed by atoms with Crippen molar-refractivity contribution in [1.29, 1.82) is 0 Å². The van der Waals surface area contributed by atoms with Crippen molar-refractivity contribution in [3.05, 3.63) is 54.1 Å². The summed E-state index contributed by atoms with van der Waals surface area (Å²) in [5.41, 5.74) is 1.13. The number of carbonyl (C=O) groups excluding carboxylic acids is 2. The molecule has 0 aliphatic heterocycles. The molecule has 0 heterocycles. The summed E-state index contributed by atoms with van der Waals surface area (Å²) in [5, 5.41) is 2.80. The lowest BCUT2D eigenvalue weighted by atomic mass is 10.2. The maximum Gasteiger partial charge on any atom is 0.347 e. The van der Waals surface area contributed by atoms with Crippen LogP contribution in [-0.4, -0.2) is 45.4 Å². The van der Waals surface area contributed by atoms with Gasteiger partial charge in [-0.1, -0.05) is 0 Å². The van der Waals surface area contributed by atoms with Crippen LogP contribution in [0, 0.1) is 0 Å². The van der Waals surface area contributed by atoms with Crippen molar-refractivity contribution in [2.75, 3.05) is 32.8 Å². The zero-order valence-electron chi connectivity index (χ0n) is 15.6. The quantitative estimate of drug-likeness (QED) is 0.538. The molecule has 0 saturated carbocycles. The molecule has 0 unspecified atom stereocenters. The first-order valence-corrected chi connectivity index (χ1v) is 8.41. The highest BCUT2D eigenvalue weighted by Gasteiger charge is 2.16. The Kier molecular flexibility index (Phi) is 7.63. The summed E-state index contributed by atoms with van der Waals surface area (Å²) < 4.78 is 20.4. The van der Waals surface area contributed by atoms with Crippen LogP contribution in [-0.2, 0) is 14.3 Å². The van der Waals surface area contributed by atoms with Crippen LogP contribution in [0.25, 0.3) is 0 Å². The Morgan fingerprint density at radius 3 is 2.15 bits per heavy atom. The van der Waals surface area contributed by atoms with Crippen molar-refractivity contribution < 1.29 is 28.5 Å². The zero-order chi connectivity index (χ0) is 19.6. The predicted molar refractivity (Wildman–Crippen MR) is 100 cm³/mol. The summed E-state index contributed by atoms with van der Waals surface area (Å²) >= 11 is 0. The van der Waals surface area contributed by atoms with Gasteiger partial charge in [0.25, 0.3) is 5.91 Å². The highest BCUT2D eigenvalue weighted by Crippen LogP contribution is 2.18. The van der Waals surface area contributed by atoms with E-state index < -0.39 is 12.1 Å². The molecule has 1 atom stereocenters. The average molecular weight is 373 g/mol. The van der Waals surface area contributed by atoms with Crippen LogP contribution >= 0.6 is 0 Å². The van der Waals surface area contributed by atoms with Gasteiger partial charge in [0.05, 0.1) is 13.7 Å². The summed E-state index contributed by atoms with van der Waals surface area (Å²) in [7, 11) is 3.11. The Hall–Kier alpha value is -3.06. The van der Waals surface area contributed by atoms with Crippen molar-refractivity contribution in [2.45, 2.75) is 13.0 Å². The molecule has 7 nitrogen and oxygen atoms in total. The first-order chi connectivity index (χ1) is 13.0. The van der Waals surface area contributed by atoms with Crippen molar-refractivity contribution in [1.82, 2.24) is 0 Å². The van der Waals surface area contributed by atoms with Crippen LogP contribution in [0.4, 0.5) is 5.69 Å². The molecule has 0 aliphatic carbocycles. The number of methoxy groups -OCH3 is 2. The number of hydrogen-bond acceptors (Lipinski definition) is 6. The Morgan fingerprint density at radius 1 is 0.926 bits per heavy atom. The third-order valence-corrected chi connectivity index (χ3v) is 3.64. The maximum atomic E-state index is 12.3. The number of amides is 1. The highest BCUT2D eigenvalue weighted by atomic mass is 16.6. The molecule has 0 aromatic heterocycles. The second-order valence-electron chi connectivity index (χ2n) is 5.63. The van der Waals surface area contributed by atoms with Crippen LogP contribution in [0.15, 0.2) is 48.5 Å². The molecule has 0 bridgehead atoms. The van der Waals surface area contributed by atoms with Gasteiger partial charge in [0.1, 0.15) is 18.1 Å². The number of rotatable bonds is 9. The number of ether oxygens (including phenoxy) is 4. The molecular weight excluding hydrogens is 350 g/mol. The number of esters is 1. The molecule has 0 saturated heterocycles. The first-order valence-electron chi connectivity index (χ1n) is 8.41. The van der Waals surface area contributed by atoms with Gasteiger partial charge in [-0.2, -0.15) is 0 Å². The van der Waals surface area contributed by atoms with Gasteiger partial charge >= 0.3 is 5.97 Å². The van der Waals surface area contributed by atoms with E-state index in [1.165, 1.54) is 7.11 Å². The van der Waals surface area contributed by atoms with Crippen LogP contribution in [0.1, 0.15) is 17.3 Å². The van der Waals surface area contributed by atoms with Crippen molar-refractivity contribution in [3.63, 3.8) is 0 Å². The minimum atomic E-state index is -0.763. The number of hydrogen-bond donors (Lipinski definition) is 1. The molecule has 2 rings (SSSR count). The van der Waals surface area contributed by atoms with Gasteiger partial charge in [0.2, 0.25) is 0 Å². The van der Waals surface area contributed by atoms with E-state index in [1.54, 1.807) is 62.6 Å². The molecule has 0 fully saturated rings. The zero-order valence-corrected chi connectivity index (χ0v) is 15.6. The molecule has 1 amide bonds. The lowest BCUT2D eigenvalue weighted by Gasteiger charge is -2.14. The predicted octanol–water partition coefficient (Wildman–Crippen LogP) is 2.90. The van der Waals surface area contributed by atoms with E-state index in [1.807, 2.05) is 0 Å². The van der Waals surface area contributed by atoms with E-state index in [-0.39, 0.29) is 12.5 Å². The van der Waals surface area contributed by atoms with Crippen molar-refractivity contribution in [3.8, 4) is 11.5 Å². The highest BCUT2D eigenvalue weighted by molar-refractivity contribution is 6.04. The van der Waals surface area contributed by atoms with E-state index in [0.29, 0.717) is 29.4 Å². The lowest BCUT2D eigenvalue weighted by Crippen LogP contribution is -2.27. The largest absolute Gasteiger partial charge is 0.497 e. The number of anilines is 1. The van der Waals surface area contributed by atoms with Crippen LogP contribution in [0.5, 0.6) is 11.5 Å². The Bertz CT molecular complexity index is 742. The molecular formula is C20H23NO6. The van der Waals surface area contributed by atoms with E-state index in [0.717, 1.165) is 0 Å². The molecule has 0 spiro atoms. The average Bonchev–Trinajstić information content (AvgIpc) is 2.69. The topological polar surface area (TPSA) is 83.1 Å². The number of carbonyl (C=O) groups is 2. The second kappa shape index (κ2) is 10.2. The maximum absolute atomic E-state index is 12.3. The fourth-order valence-corrected chi connectivity index (χ4v) is 2.16. The lowest BCUT2D eigenvalue weighted by molar-refractivity contribution is -0.152. The second-order valence-corrected chi connectivity index (χ2v) is 5.63. The van der Waals surface area contributed by atoms with Gasteiger partial charge in [-0.3, -0.25) is 4.79 Å². The van der Waals surface area contributed by atoms with E-state index in [9.17, 15) is 9.59 Å². The van der Waals surface area contributed by atoms with Crippen molar-refractivity contribution in [2.24, 2.45) is 0 Å². The van der Waals surface area contributed by atoms with E-state index in [2.05, 4.69) is 5.32 Å². The molecule has 2 aromatic carbocycles. The Morgan fingerprint density at radius 2 is 1.56 bits per heavy atom. The van der Waals surface area contributed by atoms with E-state index in [4.69, 9.17) is 18.9 Å². The third kappa shape index (κ3) is 6.31. The molecule has 0 aliphatic rings. The number of nitrogens with one attached hydrogen (secondary N) is 1. The van der Waals surface area contributed by atoms with Crippen LogP contribution in [0.2, 0.25) is 0 Å². The normalized spacial score (nSPS) is 11.4. The first kappa shape index (κ1) is 20.3. The van der Waals surface area contributed by atoms with Gasteiger partial charge in [-0.05, 0) is 55.5 Å². The fourth-order valence-electron chi connectivity index (χ4n) is 2.16. The molecule has 7 heteroatoms. The third-order valence-electron chi connectivity index (χ3n) is 3.64.